The highest BCUT2D eigenvalue weighted by molar-refractivity contribution is 7.98. The molecule has 0 unspecified atom stereocenters. The predicted molar refractivity (Wildman–Crippen MR) is 95.9 cm³/mol. The molecular weight excluding hydrogens is 340 g/mol. The second-order valence-corrected chi connectivity index (χ2v) is 5.95. The molecule has 0 atom stereocenters. The molecular formula is C16H16N6O2S. The number of thioether (sulfide) groups is 1. The number of hydrogen-bond acceptors (Lipinski definition) is 9. The van der Waals surface area contributed by atoms with Crippen LogP contribution in [-0.4, -0.2) is 32.5 Å². The number of nitrogens with zero attached hydrogens (tertiary/aromatic N) is 4. The van der Waals surface area contributed by atoms with E-state index in [1.807, 2.05) is 24.3 Å². The monoisotopic (exact) mass is 356 g/mol. The largest absolute Gasteiger partial charge is 0.462 e. The fourth-order valence-corrected chi connectivity index (χ4v) is 2.84. The first-order valence-corrected chi connectivity index (χ1v) is 8.50. The van der Waals surface area contributed by atoms with E-state index >= 15 is 0 Å². The second-order valence-electron chi connectivity index (χ2n) is 5.00. The van der Waals surface area contributed by atoms with E-state index in [2.05, 4.69) is 19.9 Å². The minimum atomic E-state index is -0.540. The maximum Gasteiger partial charge on any atom is 0.343 e. The van der Waals surface area contributed by atoms with Gasteiger partial charge in [0.2, 0.25) is 0 Å². The topological polar surface area (TPSA) is 130 Å². The van der Waals surface area contributed by atoms with Gasteiger partial charge >= 0.3 is 5.97 Å². The number of ether oxygens (including phenoxy) is 1. The van der Waals surface area contributed by atoms with Crippen LogP contribution in [0.5, 0.6) is 0 Å². The summed E-state index contributed by atoms with van der Waals surface area (Å²) in [4.78, 5) is 28.7. The van der Waals surface area contributed by atoms with Gasteiger partial charge in [0, 0.05) is 11.6 Å². The van der Waals surface area contributed by atoms with Crippen molar-refractivity contribution < 1.29 is 9.53 Å². The Bertz CT molecular complexity index is 934. The number of nitrogen functional groups attached to an aromatic ring is 2. The van der Waals surface area contributed by atoms with Gasteiger partial charge in [-0.25, -0.2) is 24.7 Å². The normalized spacial score (nSPS) is 10.8. The highest BCUT2D eigenvalue weighted by Gasteiger charge is 2.14. The first-order valence-electron chi connectivity index (χ1n) is 7.52. The van der Waals surface area contributed by atoms with Gasteiger partial charge in [0.1, 0.15) is 23.0 Å². The van der Waals surface area contributed by atoms with Crippen molar-refractivity contribution in [2.24, 2.45) is 0 Å². The molecule has 2 aromatic heterocycles. The number of carbonyl (C=O) groups excluding carboxylic acids is 1. The Balaban J connectivity index is 1.75. The van der Waals surface area contributed by atoms with E-state index in [4.69, 9.17) is 16.2 Å². The summed E-state index contributed by atoms with van der Waals surface area (Å²) in [6.45, 7) is 1.98. The van der Waals surface area contributed by atoms with E-state index in [9.17, 15) is 4.79 Å². The third-order valence-electron chi connectivity index (χ3n) is 3.30. The van der Waals surface area contributed by atoms with Crippen LogP contribution in [0.1, 0.15) is 23.1 Å². The van der Waals surface area contributed by atoms with Gasteiger partial charge in [0.05, 0.1) is 17.9 Å². The Kier molecular flexibility index (Phi) is 4.94. The first kappa shape index (κ1) is 16.9. The average Bonchev–Trinajstić information content (AvgIpc) is 2.60. The number of aromatic nitrogens is 4. The standard InChI is InChI=1S/C16H16N6O2S/c1-2-24-15(23)10-7-19-16(22-14(10)18)25-8-12-20-11-6-4-3-5-9(11)13(17)21-12/h3-7H,2,8H2,1H3,(H2,17,20,21)(H2,18,19,22). The lowest BCUT2D eigenvalue weighted by Crippen LogP contribution is -2.10. The molecule has 0 aliphatic heterocycles. The molecule has 8 nitrogen and oxygen atoms in total. The predicted octanol–water partition coefficient (Wildman–Crippen LogP) is 2.05. The zero-order valence-electron chi connectivity index (χ0n) is 13.5. The lowest BCUT2D eigenvalue weighted by molar-refractivity contribution is 0.0526. The van der Waals surface area contributed by atoms with E-state index in [0.717, 1.165) is 10.9 Å². The highest BCUT2D eigenvalue weighted by atomic mass is 32.2. The van der Waals surface area contributed by atoms with Gasteiger partial charge in [-0.05, 0) is 19.1 Å². The van der Waals surface area contributed by atoms with Crippen molar-refractivity contribution in [1.29, 1.82) is 0 Å². The van der Waals surface area contributed by atoms with Crippen LogP contribution < -0.4 is 11.5 Å². The number of benzene rings is 1. The Morgan fingerprint density at radius 2 is 1.96 bits per heavy atom. The average molecular weight is 356 g/mol. The molecule has 0 amide bonds. The molecule has 9 heteroatoms. The number of hydrogen-bond donors (Lipinski definition) is 2. The molecule has 3 rings (SSSR count). The fraction of sp³-hybridized carbons (Fsp3) is 0.188. The van der Waals surface area contributed by atoms with Crippen LogP contribution in [-0.2, 0) is 10.5 Å². The highest BCUT2D eigenvalue weighted by Crippen LogP contribution is 2.23. The quantitative estimate of drug-likeness (QED) is 0.400. The summed E-state index contributed by atoms with van der Waals surface area (Å²) >= 11 is 1.30. The first-order chi connectivity index (χ1) is 12.1. The molecule has 0 saturated carbocycles. The van der Waals surface area contributed by atoms with Crippen molar-refractivity contribution in [1.82, 2.24) is 19.9 Å². The van der Waals surface area contributed by atoms with Gasteiger partial charge in [0.25, 0.3) is 0 Å². The van der Waals surface area contributed by atoms with E-state index in [-0.39, 0.29) is 18.0 Å². The van der Waals surface area contributed by atoms with Crippen LogP contribution in [0.25, 0.3) is 10.9 Å². The molecule has 2 heterocycles. The molecule has 4 N–H and O–H groups in total. The van der Waals surface area contributed by atoms with Crippen LogP contribution in [0, 0.1) is 0 Å². The minimum Gasteiger partial charge on any atom is -0.462 e. The van der Waals surface area contributed by atoms with Crippen LogP contribution in [0.4, 0.5) is 11.6 Å². The maximum atomic E-state index is 11.7. The molecule has 1 aromatic carbocycles. The molecule has 0 spiro atoms. The summed E-state index contributed by atoms with van der Waals surface area (Å²) < 4.78 is 4.89. The molecule has 3 aromatic rings. The maximum absolute atomic E-state index is 11.7. The fourth-order valence-electron chi connectivity index (χ4n) is 2.16. The van der Waals surface area contributed by atoms with Crippen LogP contribution in [0.3, 0.4) is 0 Å². The second kappa shape index (κ2) is 7.31. The van der Waals surface area contributed by atoms with Crippen molar-refractivity contribution in [3.05, 3.63) is 41.9 Å². The SMILES string of the molecule is CCOC(=O)c1cnc(SCc2nc(N)c3ccccc3n2)nc1N. The lowest BCUT2D eigenvalue weighted by Gasteiger charge is -2.07. The summed E-state index contributed by atoms with van der Waals surface area (Å²) in [6, 6.07) is 7.53. The Morgan fingerprint density at radius 3 is 2.72 bits per heavy atom. The van der Waals surface area contributed by atoms with Crippen LogP contribution in [0.15, 0.2) is 35.6 Å². The van der Waals surface area contributed by atoms with Crippen molar-refractivity contribution >= 4 is 40.3 Å². The van der Waals surface area contributed by atoms with Crippen molar-refractivity contribution in [3.8, 4) is 0 Å². The Labute approximate surface area is 148 Å². The Morgan fingerprint density at radius 1 is 1.16 bits per heavy atom. The van der Waals surface area contributed by atoms with Gasteiger partial charge in [-0.2, -0.15) is 0 Å². The van der Waals surface area contributed by atoms with Crippen molar-refractivity contribution in [3.63, 3.8) is 0 Å². The van der Waals surface area contributed by atoms with Gasteiger partial charge in [-0.15, -0.1) is 0 Å². The lowest BCUT2D eigenvalue weighted by atomic mass is 10.2. The molecule has 0 aliphatic rings. The zero-order valence-corrected chi connectivity index (χ0v) is 14.3. The smallest absolute Gasteiger partial charge is 0.343 e. The molecule has 0 bridgehead atoms. The van der Waals surface area contributed by atoms with Gasteiger partial charge < -0.3 is 16.2 Å². The van der Waals surface area contributed by atoms with Crippen molar-refractivity contribution in [2.45, 2.75) is 17.8 Å². The summed E-state index contributed by atoms with van der Waals surface area (Å²) in [5, 5.41) is 1.23. The van der Waals surface area contributed by atoms with Gasteiger partial charge in [-0.1, -0.05) is 23.9 Å². The molecule has 25 heavy (non-hydrogen) atoms. The molecule has 128 valence electrons. The third kappa shape index (κ3) is 3.77. The number of para-hydroxylation sites is 1. The van der Waals surface area contributed by atoms with Gasteiger partial charge in [-0.3, -0.25) is 0 Å². The number of nitrogens with two attached hydrogens (primary N) is 2. The summed E-state index contributed by atoms with van der Waals surface area (Å²) in [5.74, 6) is 0.960. The summed E-state index contributed by atoms with van der Waals surface area (Å²) in [7, 11) is 0. The minimum absolute atomic E-state index is 0.0786. The van der Waals surface area contributed by atoms with E-state index in [1.54, 1.807) is 6.92 Å². The third-order valence-corrected chi connectivity index (χ3v) is 4.16. The van der Waals surface area contributed by atoms with E-state index in [1.165, 1.54) is 18.0 Å². The van der Waals surface area contributed by atoms with Gasteiger partial charge in [0.15, 0.2) is 5.16 Å². The van der Waals surface area contributed by atoms with E-state index < -0.39 is 5.97 Å². The van der Waals surface area contributed by atoms with Crippen molar-refractivity contribution in [2.75, 3.05) is 18.1 Å². The number of esters is 1. The number of carbonyl (C=O) groups is 1. The molecule has 0 fully saturated rings. The zero-order chi connectivity index (χ0) is 17.8. The van der Waals surface area contributed by atoms with E-state index in [0.29, 0.717) is 22.6 Å². The number of rotatable bonds is 5. The Hall–Kier alpha value is -2.94. The summed E-state index contributed by atoms with van der Waals surface area (Å²) in [6.07, 6.45) is 1.36. The van der Waals surface area contributed by atoms with Crippen LogP contribution in [0.2, 0.25) is 0 Å². The number of fused-ring (bicyclic) bond motifs is 1. The number of anilines is 2. The van der Waals surface area contributed by atoms with Crippen LogP contribution >= 0.6 is 11.8 Å². The molecule has 0 aliphatic carbocycles. The summed E-state index contributed by atoms with van der Waals surface area (Å²) in [5.41, 5.74) is 12.7. The molecule has 0 radical (unpaired) electrons. The molecule has 0 saturated heterocycles.